The number of rotatable bonds is 4. The van der Waals surface area contributed by atoms with Gasteiger partial charge in [0.25, 0.3) is 0 Å². The molecule has 0 aromatic heterocycles. The third-order valence-electron chi connectivity index (χ3n) is 3.99. The van der Waals surface area contributed by atoms with E-state index in [1.54, 1.807) is 6.07 Å². The zero-order valence-electron chi connectivity index (χ0n) is 13.3. The van der Waals surface area contributed by atoms with Crippen molar-refractivity contribution in [3.8, 4) is 0 Å². The minimum atomic E-state index is -0.775. The van der Waals surface area contributed by atoms with Crippen molar-refractivity contribution in [3.63, 3.8) is 0 Å². The second-order valence-electron chi connectivity index (χ2n) is 7.00. The molecule has 0 saturated carbocycles. The van der Waals surface area contributed by atoms with Gasteiger partial charge in [0.05, 0.1) is 0 Å². The second kappa shape index (κ2) is 6.84. The lowest BCUT2D eigenvalue weighted by molar-refractivity contribution is 0.131. The molecular weight excluding hydrogens is 270 g/mol. The lowest BCUT2D eigenvalue weighted by Crippen LogP contribution is -2.49. The van der Waals surface area contributed by atoms with E-state index in [0.29, 0.717) is 12.6 Å². The van der Waals surface area contributed by atoms with E-state index in [0.717, 1.165) is 25.1 Å². The molecule has 0 aliphatic carbocycles. The fourth-order valence-electron chi connectivity index (χ4n) is 2.80. The van der Waals surface area contributed by atoms with Crippen molar-refractivity contribution in [2.24, 2.45) is 0 Å². The fraction of sp³-hybridized carbons (Fsp3) is 0.647. The highest BCUT2D eigenvalue weighted by Gasteiger charge is 2.24. The average molecular weight is 296 g/mol. The summed E-state index contributed by atoms with van der Waals surface area (Å²) in [4.78, 5) is 2.38. The molecule has 1 atom stereocenters. The third kappa shape index (κ3) is 5.04. The first-order valence-corrected chi connectivity index (χ1v) is 7.78. The maximum absolute atomic E-state index is 13.3. The molecule has 2 nitrogen and oxygen atoms in total. The molecule has 118 valence electrons. The highest BCUT2D eigenvalue weighted by Crippen LogP contribution is 2.20. The lowest BCUT2D eigenvalue weighted by atomic mass is 9.99. The second-order valence-corrected chi connectivity index (χ2v) is 7.00. The highest BCUT2D eigenvalue weighted by molar-refractivity contribution is 5.18. The van der Waals surface area contributed by atoms with Crippen LogP contribution in [-0.4, -0.2) is 29.6 Å². The Morgan fingerprint density at radius 1 is 1.19 bits per heavy atom. The standard InChI is InChI=1S/C17H26F2N2/c1-17(2,3)20-11-14-6-4-5-9-21(14)12-13-7-8-15(18)16(19)10-13/h7-8,10,14,20H,4-6,9,11-12H2,1-3H3. The molecule has 1 aliphatic rings. The minimum absolute atomic E-state index is 0.102. The minimum Gasteiger partial charge on any atom is -0.311 e. The first-order chi connectivity index (χ1) is 9.85. The van der Waals surface area contributed by atoms with Crippen molar-refractivity contribution in [1.29, 1.82) is 0 Å². The van der Waals surface area contributed by atoms with Gasteiger partial charge in [-0.1, -0.05) is 12.5 Å². The van der Waals surface area contributed by atoms with Crippen LogP contribution in [0.5, 0.6) is 0 Å². The monoisotopic (exact) mass is 296 g/mol. The highest BCUT2D eigenvalue weighted by atomic mass is 19.2. The zero-order valence-corrected chi connectivity index (χ0v) is 13.3. The van der Waals surface area contributed by atoms with Gasteiger partial charge in [-0.15, -0.1) is 0 Å². The van der Waals surface area contributed by atoms with Gasteiger partial charge in [-0.3, -0.25) is 4.90 Å². The van der Waals surface area contributed by atoms with Crippen LogP contribution in [0.3, 0.4) is 0 Å². The van der Waals surface area contributed by atoms with Gasteiger partial charge in [0.1, 0.15) is 0 Å². The Labute approximate surface area is 126 Å². The van der Waals surface area contributed by atoms with Crippen LogP contribution in [0.15, 0.2) is 18.2 Å². The van der Waals surface area contributed by atoms with E-state index in [1.807, 2.05) is 0 Å². The summed E-state index contributed by atoms with van der Waals surface area (Å²) in [7, 11) is 0. The SMILES string of the molecule is CC(C)(C)NCC1CCCCN1Cc1ccc(F)c(F)c1. The molecule has 1 saturated heterocycles. The third-order valence-corrected chi connectivity index (χ3v) is 3.99. The van der Waals surface area contributed by atoms with Gasteiger partial charge < -0.3 is 5.32 Å². The predicted molar refractivity (Wildman–Crippen MR) is 82.2 cm³/mol. The largest absolute Gasteiger partial charge is 0.311 e. The molecule has 1 aromatic rings. The first kappa shape index (κ1) is 16.4. The molecular formula is C17H26F2N2. The van der Waals surface area contributed by atoms with E-state index in [9.17, 15) is 8.78 Å². The number of nitrogens with zero attached hydrogens (tertiary/aromatic N) is 1. The van der Waals surface area contributed by atoms with E-state index in [1.165, 1.54) is 25.0 Å². The molecule has 2 rings (SSSR count). The van der Waals surface area contributed by atoms with Crippen molar-refractivity contribution >= 4 is 0 Å². The van der Waals surface area contributed by atoms with Crippen LogP contribution in [0.1, 0.15) is 45.6 Å². The van der Waals surface area contributed by atoms with Crippen LogP contribution < -0.4 is 5.32 Å². The lowest BCUT2D eigenvalue weighted by Gasteiger charge is -2.37. The van der Waals surface area contributed by atoms with E-state index >= 15 is 0 Å². The van der Waals surface area contributed by atoms with Gasteiger partial charge in [-0.2, -0.15) is 0 Å². The van der Waals surface area contributed by atoms with Gasteiger partial charge >= 0.3 is 0 Å². The van der Waals surface area contributed by atoms with Crippen LogP contribution in [0.25, 0.3) is 0 Å². The summed E-state index contributed by atoms with van der Waals surface area (Å²) >= 11 is 0. The van der Waals surface area contributed by atoms with E-state index in [-0.39, 0.29) is 5.54 Å². The maximum Gasteiger partial charge on any atom is 0.159 e. The predicted octanol–water partition coefficient (Wildman–Crippen LogP) is 3.71. The number of benzene rings is 1. The molecule has 1 heterocycles. The summed E-state index contributed by atoms with van der Waals surface area (Å²) in [5.74, 6) is -1.53. The van der Waals surface area contributed by atoms with Crippen molar-refractivity contribution in [3.05, 3.63) is 35.4 Å². The van der Waals surface area contributed by atoms with Gasteiger partial charge in [0.15, 0.2) is 11.6 Å². The quantitative estimate of drug-likeness (QED) is 0.911. The number of likely N-dealkylation sites (tertiary alicyclic amines) is 1. The van der Waals surface area contributed by atoms with Gasteiger partial charge in [-0.05, 0) is 57.9 Å². The van der Waals surface area contributed by atoms with Crippen molar-refractivity contribution in [2.75, 3.05) is 13.1 Å². The molecule has 21 heavy (non-hydrogen) atoms. The number of hydrogen-bond acceptors (Lipinski definition) is 2. The van der Waals surface area contributed by atoms with Crippen molar-refractivity contribution in [2.45, 2.75) is 58.2 Å². The summed E-state index contributed by atoms with van der Waals surface area (Å²) in [6, 6.07) is 4.68. The Bertz CT molecular complexity index is 468. The average Bonchev–Trinajstić information content (AvgIpc) is 2.41. The first-order valence-electron chi connectivity index (χ1n) is 7.78. The van der Waals surface area contributed by atoms with Gasteiger partial charge in [-0.25, -0.2) is 8.78 Å². The molecule has 1 N–H and O–H groups in total. The van der Waals surface area contributed by atoms with E-state index in [4.69, 9.17) is 0 Å². The van der Waals surface area contributed by atoms with Gasteiger partial charge in [0, 0.05) is 24.7 Å². The van der Waals surface area contributed by atoms with Crippen LogP contribution in [-0.2, 0) is 6.54 Å². The summed E-state index contributed by atoms with van der Waals surface area (Å²) in [6.45, 7) is 9.14. The topological polar surface area (TPSA) is 15.3 Å². The fourth-order valence-corrected chi connectivity index (χ4v) is 2.80. The van der Waals surface area contributed by atoms with Crippen LogP contribution in [0, 0.1) is 11.6 Å². The molecule has 0 bridgehead atoms. The molecule has 1 aliphatic heterocycles. The summed E-state index contributed by atoms with van der Waals surface area (Å²) in [5, 5.41) is 3.55. The maximum atomic E-state index is 13.3. The van der Waals surface area contributed by atoms with Crippen molar-refractivity contribution < 1.29 is 8.78 Å². The molecule has 1 fully saturated rings. The molecule has 4 heteroatoms. The van der Waals surface area contributed by atoms with E-state index in [2.05, 4.69) is 31.0 Å². The molecule has 0 spiro atoms. The Kier molecular flexibility index (Phi) is 5.33. The van der Waals surface area contributed by atoms with Crippen LogP contribution in [0.4, 0.5) is 8.78 Å². The Morgan fingerprint density at radius 3 is 2.62 bits per heavy atom. The Balaban J connectivity index is 1.99. The summed E-state index contributed by atoms with van der Waals surface area (Å²) in [5.41, 5.74) is 0.946. The number of nitrogens with one attached hydrogen (secondary N) is 1. The van der Waals surface area contributed by atoms with Crippen LogP contribution >= 0.6 is 0 Å². The Hall–Kier alpha value is -1.00. The molecule has 1 aromatic carbocycles. The van der Waals surface area contributed by atoms with Gasteiger partial charge in [0.2, 0.25) is 0 Å². The Morgan fingerprint density at radius 2 is 1.95 bits per heavy atom. The molecule has 0 radical (unpaired) electrons. The zero-order chi connectivity index (χ0) is 15.5. The molecule has 1 unspecified atom stereocenters. The van der Waals surface area contributed by atoms with Crippen LogP contribution in [0.2, 0.25) is 0 Å². The summed E-state index contributed by atoms with van der Waals surface area (Å²) < 4.78 is 26.3. The number of hydrogen-bond donors (Lipinski definition) is 1. The number of piperidine rings is 1. The molecule has 0 amide bonds. The van der Waals surface area contributed by atoms with E-state index < -0.39 is 11.6 Å². The smallest absolute Gasteiger partial charge is 0.159 e. The van der Waals surface area contributed by atoms with Crippen molar-refractivity contribution in [1.82, 2.24) is 10.2 Å². The number of halogens is 2. The normalized spacial score (nSPS) is 20.7. The summed E-state index contributed by atoms with van der Waals surface area (Å²) in [6.07, 6.45) is 3.58.